The fraction of sp³-hybridized carbons (Fsp3) is 0.474. The molecule has 0 radical (unpaired) electrons. The third-order valence-electron chi connectivity index (χ3n) is 5.05. The molecular weight excluding hydrogens is 360 g/mol. The van der Waals surface area contributed by atoms with Gasteiger partial charge in [0.15, 0.2) is 17.3 Å². The van der Waals surface area contributed by atoms with Crippen LogP contribution in [0.25, 0.3) is 0 Å². The van der Waals surface area contributed by atoms with Crippen molar-refractivity contribution in [3.05, 3.63) is 28.5 Å². The van der Waals surface area contributed by atoms with E-state index < -0.39 is 5.60 Å². The summed E-state index contributed by atoms with van der Waals surface area (Å²) in [7, 11) is 2.94. The molecule has 1 fully saturated rings. The zero-order chi connectivity index (χ0) is 18.5. The molecule has 7 heteroatoms. The smallest absolute Gasteiger partial charge is 0.228 e. The van der Waals surface area contributed by atoms with Crippen molar-refractivity contribution < 1.29 is 28.5 Å². The Morgan fingerprint density at radius 1 is 1.23 bits per heavy atom. The van der Waals surface area contributed by atoms with Crippen LogP contribution in [-0.4, -0.2) is 38.0 Å². The second kappa shape index (κ2) is 6.20. The Balaban J connectivity index is 1.79. The van der Waals surface area contributed by atoms with Crippen LogP contribution in [0, 0.1) is 5.92 Å². The van der Waals surface area contributed by atoms with Gasteiger partial charge in [-0.3, -0.25) is 9.59 Å². The van der Waals surface area contributed by atoms with Crippen LogP contribution in [0.5, 0.6) is 17.2 Å². The second-order valence-corrected chi connectivity index (χ2v) is 7.16. The number of fused-ring (bicyclic) bond motifs is 1. The van der Waals surface area contributed by atoms with Crippen LogP contribution in [0.4, 0.5) is 0 Å². The minimum atomic E-state index is -1.37. The predicted octanol–water partition coefficient (Wildman–Crippen LogP) is 3.34. The number of methoxy groups -OCH3 is 2. The first kappa shape index (κ1) is 17.2. The summed E-state index contributed by atoms with van der Waals surface area (Å²) >= 11 is 6.38. The van der Waals surface area contributed by atoms with Gasteiger partial charge in [0.25, 0.3) is 0 Å². The van der Waals surface area contributed by atoms with Crippen molar-refractivity contribution in [2.24, 2.45) is 5.92 Å². The number of hydrogen-bond donors (Lipinski definition) is 0. The van der Waals surface area contributed by atoms with Crippen molar-refractivity contribution in [3.8, 4) is 17.2 Å². The Kier molecular flexibility index (Phi) is 4.10. The molecule has 6 nitrogen and oxygen atoms in total. The van der Waals surface area contributed by atoms with Crippen LogP contribution in [0.3, 0.4) is 0 Å². The van der Waals surface area contributed by atoms with Crippen molar-refractivity contribution in [1.29, 1.82) is 0 Å². The van der Waals surface area contributed by atoms with Crippen LogP contribution in [-0.2, 0) is 9.53 Å². The topological polar surface area (TPSA) is 71.1 Å². The zero-order valence-electron chi connectivity index (χ0n) is 14.6. The van der Waals surface area contributed by atoms with E-state index >= 15 is 0 Å². The highest BCUT2D eigenvalue weighted by molar-refractivity contribution is 6.35. The largest absolute Gasteiger partial charge is 0.496 e. The monoisotopic (exact) mass is 378 g/mol. The lowest BCUT2D eigenvalue weighted by Crippen LogP contribution is -2.46. The van der Waals surface area contributed by atoms with Gasteiger partial charge in [-0.1, -0.05) is 11.6 Å². The van der Waals surface area contributed by atoms with E-state index in [-0.39, 0.29) is 46.5 Å². The molecule has 4 rings (SSSR count). The molecule has 0 unspecified atom stereocenters. The second-order valence-electron chi connectivity index (χ2n) is 6.79. The highest BCUT2D eigenvalue weighted by atomic mass is 35.5. The highest BCUT2D eigenvalue weighted by Gasteiger charge is 2.56. The maximum absolute atomic E-state index is 13.3. The van der Waals surface area contributed by atoms with Crippen molar-refractivity contribution in [2.75, 3.05) is 20.8 Å². The van der Waals surface area contributed by atoms with Gasteiger partial charge < -0.3 is 18.9 Å². The van der Waals surface area contributed by atoms with Gasteiger partial charge in [0.2, 0.25) is 11.4 Å². The molecule has 138 valence electrons. The number of benzene rings is 1. The van der Waals surface area contributed by atoms with Gasteiger partial charge in [-0.2, -0.15) is 0 Å². The standard InChI is InChI=1S/C19H19ClO6/c1-23-12-8-13(24-2)16(20)17-15(12)18(22)19(26-17)6-5-11(21)7-14(19)25-9-10-3-4-10/h7-8,10H,3-6,9H2,1-2H3/t19-/m0/s1. The maximum Gasteiger partial charge on any atom is 0.228 e. The number of Topliss-reactive ketones (excluding diaryl/α,β-unsaturated/α-hetero) is 1. The Morgan fingerprint density at radius 2 is 1.96 bits per heavy atom. The fourth-order valence-corrected chi connectivity index (χ4v) is 3.63. The Bertz CT molecular complexity index is 826. The molecule has 3 aliphatic rings. The van der Waals surface area contributed by atoms with Crippen molar-refractivity contribution in [1.82, 2.24) is 0 Å². The molecule has 1 aromatic carbocycles. The summed E-state index contributed by atoms with van der Waals surface area (Å²) in [6.45, 7) is 0.474. The van der Waals surface area contributed by atoms with E-state index in [9.17, 15) is 9.59 Å². The lowest BCUT2D eigenvalue weighted by Gasteiger charge is -2.32. The number of rotatable bonds is 5. The van der Waals surface area contributed by atoms with Gasteiger partial charge in [-0.05, 0) is 18.8 Å². The van der Waals surface area contributed by atoms with Gasteiger partial charge in [0, 0.05) is 25.0 Å². The molecule has 0 N–H and O–H groups in total. The maximum atomic E-state index is 13.3. The molecule has 0 saturated heterocycles. The summed E-state index contributed by atoms with van der Waals surface area (Å²) in [6.07, 6.45) is 3.98. The molecule has 1 spiro atoms. The van der Waals surface area contributed by atoms with Gasteiger partial charge in [0.05, 0.1) is 20.8 Å². The first-order chi connectivity index (χ1) is 12.5. The molecule has 1 atom stereocenters. The quantitative estimate of drug-likeness (QED) is 0.782. The van der Waals surface area contributed by atoms with Crippen LogP contribution >= 0.6 is 11.6 Å². The van der Waals surface area contributed by atoms with Crippen LogP contribution < -0.4 is 14.2 Å². The number of carbonyl (C=O) groups excluding carboxylic acids is 2. The number of carbonyl (C=O) groups is 2. The van der Waals surface area contributed by atoms with E-state index in [2.05, 4.69) is 0 Å². The Hall–Kier alpha value is -2.21. The number of ketones is 2. The number of ether oxygens (including phenoxy) is 4. The van der Waals surface area contributed by atoms with Crippen molar-refractivity contribution >= 4 is 23.2 Å². The van der Waals surface area contributed by atoms with Crippen LogP contribution in [0.1, 0.15) is 36.0 Å². The van der Waals surface area contributed by atoms with Crippen molar-refractivity contribution in [2.45, 2.75) is 31.3 Å². The molecule has 0 amide bonds. The fourth-order valence-electron chi connectivity index (χ4n) is 3.37. The third-order valence-corrected chi connectivity index (χ3v) is 5.40. The predicted molar refractivity (Wildman–Crippen MR) is 93.2 cm³/mol. The summed E-state index contributed by atoms with van der Waals surface area (Å²) in [5, 5.41) is 0.201. The SMILES string of the molecule is COc1cc(OC)c2c(c1Cl)O[C@]1(CCC(=O)C=C1OCC1CC1)C2=O. The molecule has 1 aromatic rings. The van der Waals surface area contributed by atoms with Gasteiger partial charge in [-0.25, -0.2) is 0 Å². The van der Waals surface area contributed by atoms with Gasteiger partial charge >= 0.3 is 0 Å². The zero-order valence-corrected chi connectivity index (χ0v) is 15.4. The van der Waals surface area contributed by atoms with Crippen LogP contribution in [0.15, 0.2) is 17.9 Å². The molecular formula is C19H19ClO6. The number of hydrogen-bond acceptors (Lipinski definition) is 6. The van der Waals surface area contributed by atoms with Crippen LogP contribution in [0.2, 0.25) is 5.02 Å². The number of allylic oxidation sites excluding steroid dienone is 1. The minimum Gasteiger partial charge on any atom is -0.496 e. The number of halogens is 1. The molecule has 0 aromatic heterocycles. The lowest BCUT2D eigenvalue weighted by molar-refractivity contribution is -0.116. The summed E-state index contributed by atoms with van der Waals surface area (Å²) in [5.74, 6) is 1.24. The van der Waals surface area contributed by atoms with Gasteiger partial charge in [-0.15, -0.1) is 0 Å². The van der Waals surface area contributed by atoms with Crippen molar-refractivity contribution in [3.63, 3.8) is 0 Å². The average Bonchev–Trinajstić information content (AvgIpc) is 3.42. The minimum absolute atomic E-state index is 0.0792. The van der Waals surface area contributed by atoms with Gasteiger partial charge in [0.1, 0.15) is 22.1 Å². The molecule has 26 heavy (non-hydrogen) atoms. The summed E-state index contributed by atoms with van der Waals surface area (Å²) in [4.78, 5) is 25.3. The van der Waals surface area contributed by atoms with E-state index in [0.717, 1.165) is 12.8 Å². The normalized spacial score (nSPS) is 24.2. The molecule has 1 saturated carbocycles. The summed E-state index contributed by atoms with van der Waals surface area (Å²) in [5.41, 5.74) is -1.11. The molecule has 1 aliphatic heterocycles. The molecule has 0 bridgehead atoms. The van der Waals surface area contributed by atoms with E-state index in [1.54, 1.807) is 6.07 Å². The average molecular weight is 379 g/mol. The highest BCUT2D eigenvalue weighted by Crippen LogP contribution is 2.53. The third kappa shape index (κ3) is 2.55. The lowest BCUT2D eigenvalue weighted by atomic mass is 9.83. The Morgan fingerprint density at radius 3 is 2.62 bits per heavy atom. The van der Waals surface area contributed by atoms with E-state index in [0.29, 0.717) is 24.0 Å². The van der Waals surface area contributed by atoms with E-state index in [1.807, 2.05) is 0 Å². The first-order valence-electron chi connectivity index (χ1n) is 8.56. The summed E-state index contributed by atoms with van der Waals surface area (Å²) in [6, 6.07) is 1.56. The van der Waals surface area contributed by atoms with E-state index in [4.69, 9.17) is 30.5 Å². The van der Waals surface area contributed by atoms with E-state index in [1.165, 1.54) is 20.3 Å². The summed E-state index contributed by atoms with van der Waals surface area (Å²) < 4.78 is 22.6. The Labute approximate surface area is 156 Å². The first-order valence-corrected chi connectivity index (χ1v) is 8.94. The molecule has 2 aliphatic carbocycles. The molecule has 1 heterocycles.